The van der Waals surface area contributed by atoms with Gasteiger partial charge in [0.15, 0.2) is 0 Å². The second kappa shape index (κ2) is 7.51. The van der Waals surface area contributed by atoms with Gasteiger partial charge in [-0.2, -0.15) is 0 Å². The SMILES string of the molecule is CCNC1CCN(CCCCOC)c2ccccc21. The third-order valence-electron chi connectivity index (χ3n) is 3.82. The van der Waals surface area contributed by atoms with E-state index >= 15 is 0 Å². The summed E-state index contributed by atoms with van der Waals surface area (Å²) >= 11 is 0. The highest BCUT2D eigenvalue weighted by Crippen LogP contribution is 2.33. The molecule has 0 aliphatic carbocycles. The minimum atomic E-state index is 0.524. The fourth-order valence-corrected chi connectivity index (χ4v) is 2.87. The molecule has 0 amide bonds. The molecule has 1 aliphatic rings. The number of fused-ring (bicyclic) bond motifs is 1. The minimum Gasteiger partial charge on any atom is -0.385 e. The Labute approximate surface area is 116 Å². The monoisotopic (exact) mass is 262 g/mol. The number of nitrogens with zero attached hydrogens (tertiary/aromatic N) is 1. The topological polar surface area (TPSA) is 24.5 Å². The molecule has 1 aliphatic heterocycles. The molecule has 106 valence electrons. The zero-order valence-electron chi connectivity index (χ0n) is 12.2. The first-order chi connectivity index (χ1) is 9.36. The van der Waals surface area contributed by atoms with Crippen LogP contribution in [0.25, 0.3) is 0 Å². The van der Waals surface area contributed by atoms with Gasteiger partial charge < -0.3 is 15.0 Å². The lowest BCUT2D eigenvalue weighted by Gasteiger charge is -2.36. The van der Waals surface area contributed by atoms with Gasteiger partial charge in [0.05, 0.1) is 0 Å². The summed E-state index contributed by atoms with van der Waals surface area (Å²) in [7, 11) is 1.78. The summed E-state index contributed by atoms with van der Waals surface area (Å²) in [6.45, 7) is 6.38. The Hall–Kier alpha value is -1.06. The van der Waals surface area contributed by atoms with Gasteiger partial charge in [0.2, 0.25) is 0 Å². The fraction of sp³-hybridized carbons (Fsp3) is 0.625. The molecule has 0 saturated heterocycles. The lowest BCUT2D eigenvalue weighted by molar-refractivity contribution is 0.193. The maximum Gasteiger partial charge on any atom is 0.0462 e. The zero-order valence-corrected chi connectivity index (χ0v) is 12.2. The smallest absolute Gasteiger partial charge is 0.0462 e. The Morgan fingerprint density at radius 2 is 2.16 bits per heavy atom. The van der Waals surface area contributed by atoms with E-state index in [9.17, 15) is 0 Å². The van der Waals surface area contributed by atoms with Crippen LogP contribution in [0.3, 0.4) is 0 Å². The quantitative estimate of drug-likeness (QED) is 0.765. The molecule has 1 aromatic rings. The van der Waals surface area contributed by atoms with E-state index in [2.05, 4.69) is 41.4 Å². The number of rotatable bonds is 7. The zero-order chi connectivity index (χ0) is 13.5. The Morgan fingerprint density at radius 3 is 2.95 bits per heavy atom. The Balaban J connectivity index is 2.01. The standard InChI is InChI=1S/C16H26N2O/c1-3-17-15-10-12-18(11-6-7-13-19-2)16-9-5-4-8-14(15)16/h4-5,8-9,15,17H,3,6-7,10-13H2,1-2H3. The molecule has 0 bridgehead atoms. The first-order valence-electron chi connectivity index (χ1n) is 7.43. The second-order valence-corrected chi connectivity index (χ2v) is 5.14. The van der Waals surface area contributed by atoms with Gasteiger partial charge in [0.1, 0.15) is 0 Å². The summed E-state index contributed by atoms with van der Waals surface area (Å²) in [4.78, 5) is 2.53. The van der Waals surface area contributed by atoms with Crippen molar-refractivity contribution in [3.63, 3.8) is 0 Å². The number of methoxy groups -OCH3 is 1. The van der Waals surface area contributed by atoms with Crippen LogP contribution >= 0.6 is 0 Å². The molecule has 2 rings (SSSR count). The van der Waals surface area contributed by atoms with E-state index in [1.807, 2.05) is 0 Å². The second-order valence-electron chi connectivity index (χ2n) is 5.14. The van der Waals surface area contributed by atoms with E-state index in [0.29, 0.717) is 6.04 Å². The highest BCUT2D eigenvalue weighted by Gasteiger charge is 2.23. The van der Waals surface area contributed by atoms with Crippen LogP contribution in [0, 0.1) is 0 Å². The maximum absolute atomic E-state index is 5.12. The van der Waals surface area contributed by atoms with Gasteiger partial charge in [-0.1, -0.05) is 25.1 Å². The van der Waals surface area contributed by atoms with E-state index in [0.717, 1.165) is 32.7 Å². The van der Waals surface area contributed by atoms with Gasteiger partial charge in [-0.05, 0) is 37.4 Å². The number of hydrogen-bond donors (Lipinski definition) is 1. The van der Waals surface area contributed by atoms with E-state index in [4.69, 9.17) is 4.74 Å². The van der Waals surface area contributed by atoms with E-state index in [1.54, 1.807) is 7.11 Å². The van der Waals surface area contributed by atoms with Crippen LogP contribution in [0.15, 0.2) is 24.3 Å². The number of benzene rings is 1. The van der Waals surface area contributed by atoms with Crippen molar-refractivity contribution < 1.29 is 4.74 Å². The minimum absolute atomic E-state index is 0.524. The third-order valence-corrected chi connectivity index (χ3v) is 3.82. The average Bonchev–Trinajstić information content (AvgIpc) is 2.46. The van der Waals surface area contributed by atoms with Gasteiger partial charge >= 0.3 is 0 Å². The largest absolute Gasteiger partial charge is 0.385 e. The van der Waals surface area contributed by atoms with Crippen LogP contribution in [0.5, 0.6) is 0 Å². The predicted octanol–water partition coefficient (Wildman–Crippen LogP) is 2.97. The molecule has 0 spiro atoms. The van der Waals surface area contributed by atoms with Gasteiger partial charge in [-0.15, -0.1) is 0 Å². The van der Waals surface area contributed by atoms with Crippen molar-refractivity contribution in [2.24, 2.45) is 0 Å². The first-order valence-corrected chi connectivity index (χ1v) is 7.43. The molecule has 0 radical (unpaired) electrons. The summed E-state index contributed by atoms with van der Waals surface area (Å²) in [6, 6.07) is 9.35. The van der Waals surface area contributed by atoms with Crippen LogP contribution < -0.4 is 10.2 Å². The normalized spacial score (nSPS) is 18.4. The number of ether oxygens (including phenoxy) is 1. The average molecular weight is 262 g/mol. The molecule has 0 fully saturated rings. The van der Waals surface area contributed by atoms with Crippen LogP contribution in [0.4, 0.5) is 5.69 Å². The van der Waals surface area contributed by atoms with E-state index < -0.39 is 0 Å². The van der Waals surface area contributed by atoms with Gasteiger partial charge in [-0.25, -0.2) is 0 Å². The molecule has 1 heterocycles. The van der Waals surface area contributed by atoms with Gasteiger partial charge in [0, 0.05) is 38.5 Å². The number of hydrogen-bond acceptors (Lipinski definition) is 3. The first kappa shape index (κ1) is 14.4. The van der Waals surface area contributed by atoms with E-state index in [1.165, 1.54) is 24.1 Å². The van der Waals surface area contributed by atoms with Crippen LogP contribution in [-0.4, -0.2) is 33.4 Å². The molecule has 1 aromatic carbocycles. The fourth-order valence-electron chi connectivity index (χ4n) is 2.87. The molecular weight excluding hydrogens is 236 g/mol. The molecule has 0 saturated carbocycles. The summed E-state index contributed by atoms with van der Waals surface area (Å²) < 4.78 is 5.12. The van der Waals surface area contributed by atoms with Crippen molar-refractivity contribution in [1.29, 1.82) is 0 Å². The van der Waals surface area contributed by atoms with Gasteiger partial charge in [0.25, 0.3) is 0 Å². The summed E-state index contributed by atoms with van der Waals surface area (Å²) in [5.74, 6) is 0. The Morgan fingerprint density at radius 1 is 1.32 bits per heavy atom. The number of anilines is 1. The highest BCUT2D eigenvalue weighted by molar-refractivity contribution is 5.56. The van der Waals surface area contributed by atoms with Crippen molar-refractivity contribution in [2.45, 2.75) is 32.2 Å². The molecule has 1 atom stereocenters. The van der Waals surface area contributed by atoms with Crippen molar-refractivity contribution in [1.82, 2.24) is 5.32 Å². The molecule has 0 aromatic heterocycles. The predicted molar refractivity (Wildman–Crippen MR) is 80.8 cm³/mol. The van der Waals surface area contributed by atoms with Crippen molar-refractivity contribution in [3.8, 4) is 0 Å². The van der Waals surface area contributed by atoms with E-state index in [-0.39, 0.29) is 0 Å². The lowest BCUT2D eigenvalue weighted by Crippen LogP contribution is -2.36. The van der Waals surface area contributed by atoms with Crippen molar-refractivity contribution in [3.05, 3.63) is 29.8 Å². The van der Waals surface area contributed by atoms with Crippen LogP contribution in [-0.2, 0) is 4.74 Å². The summed E-state index contributed by atoms with van der Waals surface area (Å²) in [6.07, 6.45) is 3.55. The van der Waals surface area contributed by atoms with Gasteiger partial charge in [-0.3, -0.25) is 0 Å². The molecule has 1 N–H and O–H groups in total. The number of nitrogens with one attached hydrogen (secondary N) is 1. The van der Waals surface area contributed by atoms with Crippen LogP contribution in [0.2, 0.25) is 0 Å². The van der Waals surface area contributed by atoms with Crippen LogP contribution in [0.1, 0.15) is 37.8 Å². The molecular formula is C16H26N2O. The van der Waals surface area contributed by atoms with Crippen molar-refractivity contribution in [2.75, 3.05) is 38.3 Å². The maximum atomic E-state index is 5.12. The molecule has 19 heavy (non-hydrogen) atoms. The molecule has 1 unspecified atom stereocenters. The third kappa shape index (κ3) is 3.71. The molecule has 3 nitrogen and oxygen atoms in total. The Bertz CT molecular complexity index is 381. The lowest BCUT2D eigenvalue weighted by atomic mass is 9.96. The molecule has 3 heteroatoms. The highest BCUT2D eigenvalue weighted by atomic mass is 16.5. The summed E-state index contributed by atoms with van der Waals surface area (Å²) in [5, 5.41) is 3.59. The summed E-state index contributed by atoms with van der Waals surface area (Å²) in [5.41, 5.74) is 2.87. The number of para-hydroxylation sites is 1. The Kier molecular flexibility index (Phi) is 5.67. The number of unbranched alkanes of at least 4 members (excludes halogenated alkanes) is 1. The van der Waals surface area contributed by atoms with Crippen molar-refractivity contribution >= 4 is 5.69 Å².